The van der Waals surface area contributed by atoms with E-state index < -0.39 is 0 Å². The lowest BCUT2D eigenvalue weighted by Gasteiger charge is -2.32. The SMILES string of the molecule is CN(C)Cc1nnc(C2CCCN(C(=O)c3ccccc3C#N)C2)n1C. The fraction of sp³-hybridized carbons (Fsp3) is 0.474. The molecule has 0 aliphatic carbocycles. The van der Waals surface area contributed by atoms with Crippen LogP contribution in [0.2, 0.25) is 0 Å². The predicted molar refractivity (Wildman–Crippen MR) is 97.4 cm³/mol. The van der Waals surface area contributed by atoms with Crippen LogP contribution < -0.4 is 0 Å². The molecule has 0 spiro atoms. The first kappa shape index (κ1) is 18.1. The van der Waals surface area contributed by atoms with Crippen molar-refractivity contribution in [1.29, 1.82) is 5.26 Å². The Morgan fingerprint density at radius 3 is 2.85 bits per heavy atom. The van der Waals surface area contributed by atoms with Gasteiger partial charge in [0.25, 0.3) is 5.91 Å². The molecule has 2 heterocycles. The molecule has 136 valence electrons. The lowest BCUT2D eigenvalue weighted by atomic mass is 9.96. The van der Waals surface area contributed by atoms with E-state index in [0.717, 1.165) is 31.0 Å². The smallest absolute Gasteiger partial charge is 0.255 e. The highest BCUT2D eigenvalue weighted by atomic mass is 16.2. The molecule has 1 fully saturated rings. The molecular weight excluding hydrogens is 328 g/mol. The van der Waals surface area contributed by atoms with E-state index in [1.165, 1.54) is 0 Å². The van der Waals surface area contributed by atoms with Gasteiger partial charge in [0.15, 0.2) is 0 Å². The molecule has 26 heavy (non-hydrogen) atoms. The van der Waals surface area contributed by atoms with E-state index in [-0.39, 0.29) is 11.8 Å². The maximum absolute atomic E-state index is 12.9. The zero-order chi connectivity index (χ0) is 18.7. The molecule has 0 bridgehead atoms. The minimum atomic E-state index is -0.0810. The molecule has 3 rings (SSSR count). The Bertz CT molecular complexity index is 835. The van der Waals surface area contributed by atoms with E-state index in [2.05, 4.69) is 21.2 Å². The fourth-order valence-corrected chi connectivity index (χ4v) is 3.46. The average molecular weight is 352 g/mol. The summed E-state index contributed by atoms with van der Waals surface area (Å²) in [4.78, 5) is 16.8. The number of carbonyl (C=O) groups excluding carboxylic acids is 1. The van der Waals surface area contributed by atoms with Crippen LogP contribution in [0.4, 0.5) is 0 Å². The van der Waals surface area contributed by atoms with Crippen LogP contribution in [-0.4, -0.2) is 57.7 Å². The Hall–Kier alpha value is -2.72. The van der Waals surface area contributed by atoms with Crippen molar-refractivity contribution in [3.05, 3.63) is 47.0 Å². The molecule has 1 aromatic carbocycles. The fourth-order valence-electron chi connectivity index (χ4n) is 3.46. The van der Waals surface area contributed by atoms with Gasteiger partial charge in [-0.2, -0.15) is 5.26 Å². The van der Waals surface area contributed by atoms with E-state index in [1.54, 1.807) is 24.3 Å². The minimum absolute atomic E-state index is 0.0810. The van der Waals surface area contributed by atoms with Crippen molar-refractivity contribution >= 4 is 5.91 Å². The van der Waals surface area contributed by atoms with Crippen LogP contribution in [0.5, 0.6) is 0 Å². The number of piperidine rings is 1. The molecule has 1 aliphatic rings. The molecule has 1 aliphatic heterocycles. The lowest BCUT2D eigenvalue weighted by Crippen LogP contribution is -2.40. The third kappa shape index (κ3) is 3.60. The van der Waals surface area contributed by atoms with Gasteiger partial charge in [0.05, 0.1) is 23.7 Å². The second-order valence-corrected chi connectivity index (χ2v) is 7.02. The van der Waals surface area contributed by atoms with E-state index in [4.69, 9.17) is 0 Å². The molecule has 1 unspecified atom stereocenters. The second-order valence-electron chi connectivity index (χ2n) is 7.02. The second kappa shape index (κ2) is 7.67. The number of carbonyl (C=O) groups is 1. The van der Waals surface area contributed by atoms with Crippen LogP contribution in [0, 0.1) is 11.3 Å². The van der Waals surface area contributed by atoms with Gasteiger partial charge in [0.2, 0.25) is 0 Å². The summed E-state index contributed by atoms with van der Waals surface area (Å²) < 4.78 is 2.04. The average Bonchev–Trinajstić information content (AvgIpc) is 3.01. The molecule has 0 N–H and O–H groups in total. The highest BCUT2D eigenvalue weighted by molar-refractivity contribution is 5.96. The van der Waals surface area contributed by atoms with Crippen LogP contribution in [0.25, 0.3) is 0 Å². The monoisotopic (exact) mass is 352 g/mol. The Morgan fingerprint density at radius 2 is 2.12 bits per heavy atom. The van der Waals surface area contributed by atoms with E-state index >= 15 is 0 Å². The summed E-state index contributed by atoms with van der Waals surface area (Å²) in [5.74, 6) is 1.93. The first-order valence-electron chi connectivity index (χ1n) is 8.82. The maximum Gasteiger partial charge on any atom is 0.255 e. The van der Waals surface area contributed by atoms with Crippen molar-refractivity contribution in [3.63, 3.8) is 0 Å². The molecule has 1 aromatic heterocycles. The van der Waals surface area contributed by atoms with Crippen LogP contribution in [0.15, 0.2) is 24.3 Å². The molecule has 1 atom stereocenters. The maximum atomic E-state index is 12.9. The Labute approximate surface area is 153 Å². The molecule has 2 aromatic rings. The summed E-state index contributed by atoms with van der Waals surface area (Å²) in [5.41, 5.74) is 0.897. The normalized spacial score (nSPS) is 17.3. The van der Waals surface area contributed by atoms with Gasteiger partial charge >= 0.3 is 0 Å². The van der Waals surface area contributed by atoms with Crippen LogP contribution in [0.3, 0.4) is 0 Å². The Kier molecular flexibility index (Phi) is 5.33. The summed E-state index contributed by atoms with van der Waals surface area (Å²) in [7, 11) is 5.99. The van der Waals surface area contributed by atoms with Gasteiger partial charge in [0, 0.05) is 26.1 Å². The quantitative estimate of drug-likeness (QED) is 0.838. The van der Waals surface area contributed by atoms with E-state index in [9.17, 15) is 10.1 Å². The van der Waals surface area contributed by atoms with Gasteiger partial charge in [-0.05, 0) is 39.1 Å². The van der Waals surface area contributed by atoms with Gasteiger partial charge in [-0.3, -0.25) is 4.79 Å². The van der Waals surface area contributed by atoms with Gasteiger partial charge in [-0.15, -0.1) is 10.2 Å². The Balaban J connectivity index is 1.79. The molecule has 1 saturated heterocycles. The number of aromatic nitrogens is 3. The van der Waals surface area contributed by atoms with E-state index in [1.807, 2.05) is 30.6 Å². The van der Waals surface area contributed by atoms with Crippen molar-refractivity contribution in [2.75, 3.05) is 27.2 Å². The van der Waals surface area contributed by atoms with Gasteiger partial charge < -0.3 is 14.4 Å². The number of likely N-dealkylation sites (tertiary alicyclic amines) is 1. The van der Waals surface area contributed by atoms with Crippen molar-refractivity contribution in [2.45, 2.75) is 25.3 Å². The van der Waals surface area contributed by atoms with Crippen molar-refractivity contribution < 1.29 is 4.79 Å². The third-order valence-electron chi connectivity index (χ3n) is 4.81. The topological polar surface area (TPSA) is 78.1 Å². The van der Waals surface area contributed by atoms with Gasteiger partial charge in [-0.1, -0.05) is 12.1 Å². The van der Waals surface area contributed by atoms with Gasteiger partial charge in [-0.25, -0.2) is 0 Å². The number of benzene rings is 1. The summed E-state index contributed by atoms with van der Waals surface area (Å²) in [6.07, 6.45) is 1.90. The van der Waals surface area contributed by atoms with E-state index in [0.29, 0.717) is 24.2 Å². The number of rotatable bonds is 4. The van der Waals surface area contributed by atoms with Crippen molar-refractivity contribution in [1.82, 2.24) is 24.6 Å². The summed E-state index contributed by atoms with van der Waals surface area (Å²) in [6, 6.07) is 9.10. The first-order valence-corrected chi connectivity index (χ1v) is 8.82. The molecule has 7 nitrogen and oxygen atoms in total. The molecular formula is C19H24N6O. The minimum Gasteiger partial charge on any atom is -0.338 e. The summed E-state index contributed by atoms with van der Waals surface area (Å²) in [5, 5.41) is 18.0. The summed E-state index contributed by atoms with van der Waals surface area (Å²) in [6.45, 7) is 2.04. The molecule has 0 radical (unpaired) electrons. The predicted octanol–water partition coefficient (Wildman–Crippen LogP) is 1.77. The highest BCUT2D eigenvalue weighted by Gasteiger charge is 2.29. The summed E-state index contributed by atoms with van der Waals surface area (Å²) >= 11 is 0. The molecule has 0 saturated carbocycles. The number of nitrogens with zero attached hydrogens (tertiary/aromatic N) is 6. The van der Waals surface area contributed by atoms with Crippen LogP contribution in [0.1, 0.15) is 46.3 Å². The number of nitriles is 1. The zero-order valence-corrected chi connectivity index (χ0v) is 15.5. The molecule has 1 amide bonds. The Morgan fingerprint density at radius 1 is 1.35 bits per heavy atom. The van der Waals surface area contributed by atoms with Crippen LogP contribution in [-0.2, 0) is 13.6 Å². The number of hydrogen-bond donors (Lipinski definition) is 0. The number of hydrogen-bond acceptors (Lipinski definition) is 5. The van der Waals surface area contributed by atoms with Crippen molar-refractivity contribution in [3.8, 4) is 6.07 Å². The van der Waals surface area contributed by atoms with Crippen LogP contribution >= 0.6 is 0 Å². The largest absolute Gasteiger partial charge is 0.338 e. The zero-order valence-electron chi connectivity index (χ0n) is 15.5. The van der Waals surface area contributed by atoms with Gasteiger partial charge in [0.1, 0.15) is 11.6 Å². The highest BCUT2D eigenvalue weighted by Crippen LogP contribution is 2.27. The standard InChI is InChI=1S/C19H24N6O/c1-23(2)13-17-21-22-18(24(17)3)15-8-6-10-25(12-15)19(26)16-9-5-4-7-14(16)11-20/h4-5,7,9,15H,6,8,10,12-13H2,1-3H3. The lowest BCUT2D eigenvalue weighted by molar-refractivity contribution is 0.0703. The van der Waals surface area contributed by atoms with Crippen molar-refractivity contribution in [2.24, 2.45) is 7.05 Å². The molecule has 7 heteroatoms. The third-order valence-corrected chi connectivity index (χ3v) is 4.81. The number of amides is 1. The first-order chi connectivity index (χ1) is 12.5.